The van der Waals surface area contributed by atoms with Crippen molar-refractivity contribution in [3.63, 3.8) is 0 Å². The molecule has 0 aromatic heterocycles. The van der Waals surface area contributed by atoms with Gasteiger partial charge in [-0.05, 0) is 36.9 Å². The number of halogens is 3. The minimum atomic E-state index is -1.06. The minimum absolute atomic E-state index is 0.0343. The van der Waals surface area contributed by atoms with E-state index in [-0.39, 0.29) is 16.5 Å². The highest BCUT2D eigenvalue weighted by Gasteiger charge is 2.52. The summed E-state index contributed by atoms with van der Waals surface area (Å²) in [5.41, 5.74) is 5.29. The maximum atomic E-state index is 14.3. The molecular formula is C21H22F3N3O2S. The van der Waals surface area contributed by atoms with Crippen LogP contribution in [-0.2, 0) is 9.53 Å². The zero-order valence-corrected chi connectivity index (χ0v) is 17.4. The van der Waals surface area contributed by atoms with Crippen molar-refractivity contribution >= 4 is 22.7 Å². The average molecular weight is 437 g/mol. The number of amides is 1. The van der Waals surface area contributed by atoms with Crippen LogP contribution in [0.25, 0.3) is 0 Å². The van der Waals surface area contributed by atoms with E-state index in [0.29, 0.717) is 30.8 Å². The van der Waals surface area contributed by atoms with Gasteiger partial charge < -0.3 is 10.5 Å². The van der Waals surface area contributed by atoms with Crippen molar-refractivity contribution < 1.29 is 22.7 Å². The molecule has 1 amide bonds. The molecular weight excluding hydrogens is 415 g/mol. The number of allylic oxidation sites excluding steroid dienone is 3. The predicted octanol–water partition coefficient (Wildman–Crippen LogP) is 4.37. The first-order valence-corrected chi connectivity index (χ1v) is 10.3. The molecule has 9 heteroatoms. The molecule has 160 valence electrons. The van der Waals surface area contributed by atoms with Crippen molar-refractivity contribution in [3.8, 4) is 0 Å². The highest BCUT2D eigenvalue weighted by atomic mass is 32.2. The van der Waals surface area contributed by atoms with Gasteiger partial charge in [-0.25, -0.2) is 18.2 Å². The standard InChI is InChI=1S/C19H15F3N2O2S.C2H7N/c1-11(25)24-19(7-8-26-17-4-2-3-12(20)10-15(17)19)27-18(23-24)14-9-13(21)5-6-16(14)22;1-2-3/h2-3,5-6,9-10H,4,7-8H2,1H3;2-3H2,1H3. The molecule has 1 atom stereocenters. The van der Waals surface area contributed by atoms with Crippen LogP contribution in [0.5, 0.6) is 0 Å². The molecule has 1 aliphatic carbocycles. The summed E-state index contributed by atoms with van der Waals surface area (Å²) < 4.78 is 47.8. The van der Waals surface area contributed by atoms with Gasteiger partial charge in [0.05, 0.1) is 6.61 Å². The molecule has 0 saturated carbocycles. The summed E-state index contributed by atoms with van der Waals surface area (Å²) >= 11 is 1.11. The number of hydrogen-bond donors (Lipinski definition) is 1. The Hall–Kier alpha value is -2.52. The van der Waals surface area contributed by atoms with Crippen LogP contribution in [0.15, 0.2) is 58.7 Å². The first kappa shape index (κ1) is 22.2. The Balaban J connectivity index is 0.000000806. The lowest BCUT2D eigenvalue weighted by molar-refractivity contribution is -0.131. The fourth-order valence-corrected chi connectivity index (χ4v) is 4.82. The number of carbonyl (C=O) groups is 1. The van der Waals surface area contributed by atoms with E-state index >= 15 is 0 Å². The highest BCUT2D eigenvalue weighted by Crippen LogP contribution is 2.51. The van der Waals surface area contributed by atoms with Crippen LogP contribution in [-0.4, -0.2) is 34.0 Å². The lowest BCUT2D eigenvalue weighted by Crippen LogP contribution is -2.47. The summed E-state index contributed by atoms with van der Waals surface area (Å²) in [7, 11) is 0. The van der Waals surface area contributed by atoms with Crippen molar-refractivity contribution in [1.82, 2.24) is 5.01 Å². The molecule has 0 fully saturated rings. The molecule has 0 saturated heterocycles. The van der Waals surface area contributed by atoms with Gasteiger partial charge in [0.1, 0.15) is 33.1 Å². The number of benzene rings is 1. The van der Waals surface area contributed by atoms with Gasteiger partial charge in [-0.2, -0.15) is 5.10 Å². The van der Waals surface area contributed by atoms with Crippen molar-refractivity contribution in [3.05, 3.63) is 70.8 Å². The SMILES string of the molecule is CC(=O)N1N=C(c2cc(F)ccc2F)SC12CCOC1=C2C=C(F)C=CC1.CCN. The van der Waals surface area contributed by atoms with Gasteiger partial charge in [-0.3, -0.25) is 4.79 Å². The van der Waals surface area contributed by atoms with Crippen LogP contribution in [0.2, 0.25) is 0 Å². The van der Waals surface area contributed by atoms with Crippen LogP contribution in [0.3, 0.4) is 0 Å². The number of nitrogens with zero attached hydrogens (tertiary/aromatic N) is 2. The van der Waals surface area contributed by atoms with Crippen LogP contribution in [0, 0.1) is 11.6 Å². The lowest BCUT2D eigenvalue weighted by atomic mass is 9.97. The molecule has 30 heavy (non-hydrogen) atoms. The minimum Gasteiger partial charge on any atom is -0.497 e. The second kappa shape index (κ2) is 9.09. The molecule has 2 aliphatic heterocycles. The Bertz CT molecular complexity index is 974. The Morgan fingerprint density at radius 3 is 2.80 bits per heavy atom. The fraction of sp³-hybridized carbons (Fsp3) is 0.333. The second-order valence-corrected chi connectivity index (χ2v) is 7.99. The Kier molecular flexibility index (Phi) is 6.72. The first-order valence-electron chi connectivity index (χ1n) is 9.46. The lowest BCUT2D eigenvalue weighted by Gasteiger charge is -2.39. The molecule has 1 aromatic carbocycles. The average Bonchev–Trinajstić information content (AvgIpc) is 2.95. The number of rotatable bonds is 1. The molecule has 3 aliphatic rings. The summed E-state index contributed by atoms with van der Waals surface area (Å²) in [6, 6.07) is 3.07. The normalized spacial score (nSPS) is 22.5. The van der Waals surface area contributed by atoms with Crippen molar-refractivity contribution in [2.75, 3.05) is 13.2 Å². The number of thioether (sulfide) groups is 1. The molecule has 0 radical (unpaired) electrons. The molecule has 1 unspecified atom stereocenters. The zero-order valence-electron chi connectivity index (χ0n) is 16.6. The zero-order chi connectivity index (χ0) is 21.9. The number of ether oxygens (including phenoxy) is 1. The van der Waals surface area contributed by atoms with E-state index in [9.17, 15) is 18.0 Å². The third-order valence-electron chi connectivity index (χ3n) is 4.56. The third-order valence-corrected chi connectivity index (χ3v) is 5.99. The summed E-state index contributed by atoms with van der Waals surface area (Å²) in [6.07, 6.45) is 5.00. The summed E-state index contributed by atoms with van der Waals surface area (Å²) in [6.45, 7) is 4.29. The maximum absolute atomic E-state index is 14.3. The van der Waals surface area contributed by atoms with Gasteiger partial charge in [0.2, 0.25) is 5.91 Å². The number of hydrazone groups is 1. The van der Waals surface area contributed by atoms with Gasteiger partial charge in [0.15, 0.2) is 0 Å². The number of hydrogen-bond acceptors (Lipinski definition) is 5. The van der Waals surface area contributed by atoms with Crippen molar-refractivity contribution in [2.24, 2.45) is 10.8 Å². The van der Waals surface area contributed by atoms with Crippen LogP contribution in [0.1, 0.15) is 32.3 Å². The fourth-order valence-electron chi connectivity index (χ4n) is 3.39. The molecule has 1 spiro atoms. The maximum Gasteiger partial charge on any atom is 0.241 e. The van der Waals surface area contributed by atoms with E-state index < -0.39 is 22.3 Å². The molecule has 2 N–H and O–H groups in total. The summed E-state index contributed by atoms with van der Waals surface area (Å²) in [5, 5.41) is 5.67. The van der Waals surface area contributed by atoms with E-state index in [1.807, 2.05) is 6.92 Å². The molecule has 2 heterocycles. The van der Waals surface area contributed by atoms with Crippen LogP contribution in [0.4, 0.5) is 13.2 Å². The van der Waals surface area contributed by atoms with E-state index in [1.165, 1.54) is 24.1 Å². The number of nitrogens with two attached hydrogens (primary N) is 1. The van der Waals surface area contributed by atoms with E-state index in [0.717, 1.165) is 36.5 Å². The quantitative estimate of drug-likeness (QED) is 0.709. The summed E-state index contributed by atoms with van der Waals surface area (Å²) in [5.74, 6) is -1.57. The van der Waals surface area contributed by atoms with E-state index in [4.69, 9.17) is 10.5 Å². The highest BCUT2D eigenvalue weighted by molar-refractivity contribution is 8.16. The number of fused-ring (bicyclic) bond motifs is 1. The Morgan fingerprint density at radius 1 is 1.37 bits per heavy atom. The monoisotopic (exact) mass is 437 g/mol. The van der Waals surface area contributed by atoms with Gasteiger partial charge in [0.25, 0.3) is 0 Å². The van der Waals surface area contributed by atoms with Gasteiger partial charge in [-0.1, -0.05) is 24.8 Å². The Morgan fingerprint density at radius 2 is 2.10 bits per heavy atom. The predicted molar refractivity (Wildman–Crippen MR) is 111 cm³/mol. The largest absolute Gasteiger partial charge is 0.497 e. The molecule has 4 rings (SSSR count). The van der Waals surface area contributed by atoms with Gasteiger partial charge >= 0.3 is 0 Å². The van der Waals surface area contributed by atoms with Gasteiger partial charge in [-0.15, -0.1) is 0 Å². The van der Waals surface area contributed by atoms with Crippen LogP contribution >= 0.6 is 11.8 Å². The van der Waals surface area contributed by atoms with Crippen molar-refractivity contribution in [1.29, 1.82) is 0 Å². The molecule has 5 nitrogen and oxygen atoms in total. The van der Waals surface area contributed by atoms with Gasteiger partial charge in [0, 0.05) is 30.9 Å². The van der Waals surface area contributed by atoms with Crippen LogP contribution < -0.4 is 5.73 Å². The van der Waals surface area contributed by atoms with E-state index in [2.05, 4.69) is 5.10 Å². The Labute approximate surface area is 177 Å². The topological polar surface area (TPSA) is 67.9 Å². The second-order valence-electron chi connectivity index (χ2n) is 6.73. The number of carbonyl (C=O) groups excluding carboxylic acids is 1. The molecule has 0 bridgehead atoms. The first-order chi connectivity index (χ1) is 14.3. The third kappa shape index (κ3) is 4.17. The smallest absolute Gasteiger partial charge is 0.241 e. The van der Waals surface area contributed by atoms with Crippen molar-refractivity contribution in [2.45, 2.75) is 31.6 Å². The molecule has 1 aromatic rings. The summed E-state index contributed by atoms with van der Waals surface area (Å²) in [4.78, 5) is 11.3. The van der Waals surface area contributed by atoms with E-state index in [1.54, 1.807) is 6.08 Å².